The smallest absolute Gasteiger partial charge is 0.311 e. The maximum atomic E-state index is 11.5. The zero-order valence-corrected chi connectivity index (χ0v) is 10.8. The Morgan fingerprint density at radius 2 is 2.12 bits per heavy atom. The van der Waals surface area contributed by atoms with Crippen molar-refractivity contribution in [1.29, 1.82) is 0 Å². The molecular formula is C14H21NO2. The molecule has 0 bridgehead atoms. The number of rotatable bonds is 5. The van der Waals surface area contributed by atoms with Crippen molar-refractivity contribution in [2.24, 2.45) is 5.73 Å². The van der Waals surface area contributed by atoms with Gasteiger partial charge in [-0.2, -0.15) is 0 Å². The predicted octanol–water partition coefficient (Wildman–Crippen LogP) is 2.76. The molecule has 0 aromatic heterocycles. The first kappa shape index (κ1) is 13.7. The number of aryl methyl sites for hydroxylation is 1. The van der Waals surface area contributed by atoms with Crippen molar-refractivity contribution in [2.75, 3.05) is 6.54 Å². The van der Waals surface area contributed by atoms with E-state index < -0.39 is 0 Å². The normalized spacial score (nSPS) is 10.6. The third-order valence-corrected chi connectivity index (χ3v) is 2.69. The fourth-order valence-electron chi connectivity index (χ4n) is 1.51. The predicted molar refractivity (Wildman–Crippen MR) is 69.2 cm³/mol. The molecule has 0 heterocycles. The van der Waals surface area contributed by atoms with Crippen LogP contribution in [0, 0.1) is 6.92 Å². The zero-order valence-electron chi connectivity index (χ0n) is 10.8. The summed E-state index contributed by atoms with van der Waals surface area (Å²) in [6.07, 6.45) is 1.05. The molecule has 94 valence electrons. The minimum Gasteiger partial charge on any atom is -0.426 e. The summed E-state index contributed by atoms with van der Waals surface area (Å²) in [6, 6.07) is 6.00. The van der Waals surface area contributed by atoms with Gasteiger partial charge >= 0.3 is 5.97 Å². The number of hydrogen-bond acceptors (Lipinski definition) is 3. The highest BCUT2D eigenvalue weighted by molar-refractivity contribution is 5.72. The quantitative estimate of drug-likeness (QED) is 0.630. The van der Waals surface area contributed by atoms with Gasteiger partial charge in [-0.05, 0) is 43.0 Å². The minimum atomic E-state index is -0.209. The number of ether oxygens (including phenoxy) is 1. The van der Waals surface area contributed by atoms with Crippen LogP contribution in [-0.4, -0.2) is 12.5 Å². The minimum absolute atomic E-state index is 0.209. The van der Waals surface area contributed by atoms with Gasteiger partial charge in [0.1, 0.15) is 5.75 Å². The molecule has 17 heavy (non-hydrogen) atoms. The average molecular weight is 235 g/mol. The Kier molecular flexibility index (Phi) is 5.16. The number of esters is 1. The molecule has 3 nitrogen and oxygen atoms in total. The van der Waals surface area contributed by atoms with Gasteiger partial charge in [0, 0.05) is 6.42 Å². The molecule has 0 atom stereocenters. The topological polar surface area (TPSA) is 52.3 Å². The number of carbonyl (C=O) groups excluding carboxylic acids is 1. The van der Waals surface area contributed by atoms with Crippen LogP contribution in [0.5, 0.6) is 5.75 Å². The molecule has 0 radical (unpaired) electrons. The molecule has 0 aliphatic rings. The molecule has 3 heteroatoms. The Labute approximate surface area is 103 Å². The van der Waals surface area contributed by atoms with Crippen molar-refractivity contribution >= 4 is 5.97 Å². The van der Waals surface area contributed by atoms with Gasteiger partial charge in [-0.3, -0.25) is 4.79 Å². The van der Waals surface area contributed by atoms with Gasteiger partial charge in [-0.25, -0.2) is 0 Å². The second kappa shape index (κ2) is 6.40. The highest BCUT2D eigenvalue weighted by Crippen LogP contribution is 2.24. The summed E-state index contributed by atoms with van der Waals surface area (Å²) in [4.78, 5) is 11.5. The van der Waals surface area contributed by atoms with Crippen LogP contribution in [0.3, 0.4) is 0 Å². The van der Waals surface area contributed by atoms with Crippen LogP contribution in [0.15, 0.2) is 18.2 Å². The Morgan fingerprint density at radius 1 is 1.41 bits per heavy atom. The Bertz CT molecular complexity index is 386. The first-order valence-corrected chi connectivity index (χ1v) is 6.06. The van der Waals surface area contributed by atoms with Crippen molar-refractivity contribution in [3.63, 3.8) is 0 Å². The van der Waals surface area contributed by atoms with Crippen molar-refractivity contribution < 1.29 is 9.53 Å². The van der Waals surface area contributed by atoms with Crippen LogP contribution in [-0.2, 0) is 4.79 Å². The van der Waals surface area contributed by atoms with E-state index >= 15 is 0 Å². The molecule has 1 aromatic carbocycles. The molecule has 1 rings (SSSR count). The van der Waals surface area contributed by atoms with Crippen LogP contribution in [0.2, 0.25) is 0 Å². The van der Waals surface area contributed by atoms with Gasteiger partial charge in [-0.1, -0.05) is 26.0 Å². The standard InChI is InChI=1S/C14H21NO2/c1-10(2)12-7-6-11(3)13(9-12)17-14(16)5-4-8-15/h6-7,9-10H,4-5,8,15H2,1-3H3. The van der Waals surface area contributed by atoms with E-state index in [4.69, 9.17) is 10.5 Å². The molecule has 0 fully saturated rings. The Morgan fingerprint density at radius 3 is 2.71 bits per heavy atom. The second-order valence-corrected chi connectivity index (χ2v) is 4.55. The molecule has 0 saturated carbocycles. The van der Waals surface area contributed by atoms with Crippen molar-refractivity contribution in [1.82, 2.24) is 0 Å². The van der Waals surface area contributed by atoms with Gasteiger partial charge in [0.2, 0.25) is 0 Å². The van der Waals surface area contributed by atoms with Crippen LogP contribution < -0.4 is 10.5 Å². The highest BCUT2D eigenvalue weighted by Gasteiger charge is 2.09. The molecule has 0 aliphatic heterocycles. The van der Waals surface area contributed by atoms with E-state index in [2.05, 4.69) is 19.9 Å². The average Bonchev–Trinajstić information content (AvgIpc) is 2.29. The lowest BCUT2D eigenvalue weighted by Crippen LogP contribution is -2.11. The third kappa shape index (κ3) is 4.19. The highest BCUT2D eigenvalue weighted by atomic mass is 16.5. The molecule has 0 unspecified atom stereocenters. The summed E-state index contributed by atoms with van der Waals surface area (Å²) >= 11 is 0. The molecule has 0 saturated heterocycles. The van der Waals surface area contributed by atoms with Gasteiger partial charge in [0.05, 0.1) is 0 Å². The Balaban J connectivity index is 2.75. The van der Waals surface area contributed by atoms with E-state index in [1.54, 1.807) is 0 Å². The summed E-state index contributed by atoms with van der Waals surface area (Å²) in [7, 11) is 0. The van der Waals surface area contributed by atoms with E-state index in [0.29, 0.717) is 31.1 Å². The van der Waals surface area contributed by atoms with Crippen LogP contribution in [0.1, 0.15) is 43.7 Å². The first-order valence-electron chi connectivity index (χ1n) is 6.06. The molecule has 0 aliphatic carbocycles. The van der Waals surface area contributed by atoms with Crippen molar-refractivity contribution in [2.45, 2.75) is 39.5 Å². The van der Waals surface area contributed by atoms with E-state index in [1.165, 1.54) is 5.56 Å². The van der Waals surface area contributed by atoms with E-state index in [1.807, 2.05) is 19.1 Å². The number of carbonyl (C=O) groups is 1. The lowest BCUT2D eigenvalue weighted by Gasteiger charge is -2.11. The molecule has 1 aromatic rings. The number of nitrogens with two attached hydrogens (primary N) is 1. The van der Waals surface area contributed by atoms with Crippen molar-refractivity contribution in [3.8, 4) is 5.75 Å². The van der Waals surface area contributed by atoms with E-state index in [0.717, 1.165) is 5.56 Å². The van der Waals surface area contributed by atoms with E-state index in [9.17, 15) is 4.79 Å². The lowest BCUT2D eigenvalue weighted by molar-refractivity contribution is -0.134. The zero-order chi connectivity index (χ0) is 12.8. The van der Waals surface area contributed by atoms with Crippen molar-refractivity contribution in [3.05, 3.63) is 29.3 Å². The lowest BCUT2D eigenvalue weighted by atomic mass is 10.0. The summed E-state index contributed by atoms with van der Waals surface area (Å²) < 4.78 is 5.34. The molecule has 0 amide bonds. The largest absolute Gasteiger partial charge is 0.426 e. The fourth-order valence-corrected chi connectivity index (χ4v) is 1.51. The number of benzene rings is 1. The molecule has 2 N–H and O–H groups in total. The SMILES string of the molecule is Cc1ccc(C(C)C)cc1OC(=O)CCCN. The van der Waals surface area contributed by atoms with Crippen LogP contribution >= 0.6 is 0 Å². The maximum Gasteiger partial charge on any atom is 0.311 e. The monoisotopic (exact) mass is 235 g/mol. The Hall–Kier alpha value is -1.35. The number of hydrogen-bond donors (Lipinski definition) is 1. The third-order valence-electron chi connectivity index (χ3n) is 2.69. The maximum absolute atomic E-state index is 11.5. The van der Waals surface area contributed by atoms with Gasteiger partial charge in [-0.15, -0.1) is 0 Å². The fraction of sp³-hybridized carbons (Fsp3) is 0.500. The summed E-state index contributed by atoms with van der Waals surface area (Å²) in [6.45, 7) is 6.69. The summed E-state index contributed by atoms with van der Waals surface area (Å²) in [5, 5.41) is 0. The molecule has 0 spiro atoms. The van der Waals surface area contributed by atoms with Crippen LogP contribution in [0.4, 0.5) is 0 Å². The van der Waals surface area contributed by atoms with Gasteiger partial charge in [0.15, 0.2) is 0 Å². The summed E-state index contributed by atoms with van der Waals surface area (Å²) in [5.74, 6) is 0.884. The van der Waals surface area contributed by atoms with Gasteiger partial charge < -0.3 is 10.5 Å². The van der Waals surface area contributed by atoms with Gasteiger partial charge in [0.25, 0.3) is 0 Å². The summed E-state index contributed by atoms with van der Waals surface area (Å²) in [5.41, 5.74) is 7.52. The molecular weight excluding hydrogens is 214 g/mol. The van der Waals surface area contributed by atoms with Crippen LogP contribution in [0.25, 0.3) is 0 Å². The van der Waals surface area contributed by atoms with E-state index in [-0.39, 0.29) is 5.97 Å². The first-order chi connectivity index (χ1) is 8.04. The second-order valence-electron chi connectivity index (χ2n) is 4.55.